The maximum absolute atomic E-state index is 6.31. The molecule has 1 fully saturated rings. The standard InChI is InChI=1S/C47H31N.C36H31BO2.C17H12BrN.CH4/c1-3-15-34(16-4-1)44-31-30-38(47(48-44)36-17-5-2-6-18-36)33-26-28-35(29-27-33)45-40-21-9-11-23-42(40)46(43-24-12-10-22-41(43)45)39-25-13-19-32-14-7-8-20-37(32)39;1-35(2)36(3,4)39-37(38-35)26-22-20-25(21-23-26)33-29-15-7-9-17-31(29)34(32-18-10-8-16-30(32)33)28-19-11-13-24-12-5-6-14-27(24)28;18-15-11-12-16(13-7-3-1-4-8-13)19-17(15)14-9-5-2-6-10-14;/h1-31H;5-23H,1-4H3;1-12H;1H4. The van der Waals surface area contributed by atoms with Gasteiger partial charge in [-0.05, 0) is 182 Å². The predicted octanol–water partition coefficient (Wildman–Crippen LogP) is 27.5. The molecule has 1 aliphatic rings. The first-order chi connectivity index (χ1) is 52.0. The maximum atomic E-state index is 6.31. The molecule has 1 aliphatic heterocycles. The van der Waals surface area contributed by atoms with Crippen molar-refractivity contribution in [1.29, 1.82) is 0 Å². The van der Waals surface area contributed by atoms with Crippen molar-refractivity contribution in [1.82, 2.24) is 9.97 Å². The molecule has 0 saturated carbocycles. The van der Waals surface area contributed by atoms with Crippen molar-refractivity contribution >= 4 is 93.1 Å². The Labute approximate surface area is 635 Å². The summed E-state index contributed by atoms with van der Waals surface area (Å²) in [4.78, 5) is 9.98. The van der Waals surface area contributed by atoms with E-state index in [-0.39, 0.29) is 25.7 Å². The van der Waals surface area contributed by atoms with Gasteiger partial charge >= 0.3 is 7.12 Å². The number of fused-ring (bicyclic) bond motifs is 6. The highest BCUT2D eigenvalue weighted by Crippen LogP contribution is 2.48. The van der Waals surface area contributed by atoms with Gasteiger partial charge in [0.2, 0.25) is 0 Å². The Hall–Kier alpha value is -12.2. The summed E-state index contributed by atoms with van der Waals surface area (Å²) in [6.45, 7) is 8.38. The fraction of sp³-hybridized carbons (Fsp3) is 0.0693. The Balaban J connectivity index is 0.000000133. The zero-order valence-corrected chi connectivity index (χ0v) is 61.0. The van der Waals surface area contributed by atoms with Crippen LogP contribution in [0.4, 0.5) is 0 Å². The monoisotopic (exact) mass is 1440 g/mol. The largest absolute Gasteiger partial charge is 0.494 e. The molecule has 6 heteroatoms. The van der Waals surface area contributed by atoms with Crippen molar-refractivity contribution in [2.75, 3.05) is 0 Å². The van der Waals surface area contributed by atoms with Gasteiger partial charge in [0, 0.05) is 32.3 Å². The van der Waals surface area contributed by atoms with Gasteiger partial charge in [-0.25, -0.2) is 9.97 Å². The molecule has 0 aliphatic carbocycles. The first kappa shape index (κ1) is 69.2. The number of aromatic nitrogens is 2. The van der Waals surface area contributed by atoms with E-state index in [1.165, 1.54) is 109 Å². The van der Waals surface area contributed by atoms with Gasteiger partial charge in [0.15, 0.2) is 0 Å². The molecule has 0 amide bonds. The molecule has 0 bridgehead atoms. The van der Waals surface area contributed by atoms with Crippen molar-refractivity contribution in [3.63, 3.8) is 0 Å². The number of benzene rings is 16. The Morgan fingerprint density at radius 2 is 0.542 bits per heavy atom. The molecule has 19 rings (SSSR count). The van der Waals surface area contributed by atoms with Crippen LogP contribution in [0.2, 0.25) is 0 Å². The van der Waals surface area contributed by atoms with Gasteiger partial charge in [-0.1, -0.05) is 365 Å². The van der Waals surface area contributed by atoms with E-state index in [4.69, 9.17) is 19.3 Å². The number of hydrogen-bond donors (Lipinski definition) is 0. The Morgan fingerprint density at radius 1 is 0.243 bits per heavy atom. The lowest BCUT2D eigenvalue weighted by atomic mass is 9.78. The van der Waals surface area contributed by atoms with Crippen LogP contribution >= 0.6 is 15.9 Å². The van der Waals surface area contributed by atoms with Crippen LogP contribution in [0.15, 0.2) is 381 Å². The normalized spacial score (nSPS) is 12.9. The van der Waals surface area contributed by atoms with E-state index in [2.05, 4.69) is 371 Å². The fourth-order valence-electron chi connectivity index (χ4n) is 15.2. The van der Waals surface area contributed by atoms with E-state index >= 15 is 0 Å². The smallest absolute Gasteiger partial charge is 0.399 e. The van der Waals surface area contributed by atoms with Crippen LogP contribution in [0, 0.1) is 0 Å². The molecule has 0 unspecified atom stereocenters. The summed E-state index contributed by atoms with van der Waals surface area (Å²) in [5, 5.41) is 15.1. The third-order valence-electron chi connectivity index (χ3n) is 21.2. The van der Waals surface area contributed by atoms with Crippen LogP contribution in [0.1, 0.15) is 35.1 Å². The van der Waals surface area contributed by atoms with Crippen LogP contribution in [0.3, 0.4) is 0 Å². The van der Waals surface area contributed by atoms with Gasteiger partial charge in [-0.2, -0.15) is 0 Å². The van der Waals surface area contributed by atoms with Crippen LogP contribution in [-0.4, -0.2) is 28.3 Å². The third-order valence-corrected chi connectivity index (χ3v) is 21.8. The van der Waals surface area contributed by atoms with Crippen molar-refractivity contribution < 1.29 is 9.31 Å². The summed E-state index contributed by atoms with van der Waals surface area (Å²) >= 11 is 3.58. The lowest BCUT2D eigenvalue weighted by Gasteiger charge is -2.32. The van der Waals surface area contributed by atoms with E-state index in [1.54, 1.807) is 0 Å². The summed E-state index contributed by atoms with van der Waals surface area (Å²) in [7, 11) is -0.369. The van der Waals surface area contributed by atoms with Gasteiger partial charge in [0.25, 0.3) is 0 Å². The summed E-state index contributed by atoms with van der Waals surface area (Å²) in [5.74, 6) is 0. The van der Waals surface area contributed by atoms with Gasteiger partial charge in [-0.15, -0.1) is 0 Å². The van der Waals surface area contributed by atoms with E-state index in [9.17, 15) is 0 Å². The highest BCUT2D eigenvalue weighted by molar-refractivity contribution is 9.10. The van der Waals surface area contributed by atoms with Crippen LogP contribution in [0.5, 0.6) is 0 Å². The van der Waals surface area contributed by atoms with E-state index in [0.717, 1.165) is 66.1 Å². The third kappa shape index (κ3) is 13.4. The average Bonchev–Trinajstić information content (AvgIpc) is 1.71. The average molecular weight is 1440 g/mol. The molecular formula is C101H78BBrN2O2. The minimum Gasteiger partial charge on any atom is -0.399 e. The molecule has 16 aromatic carbocycles. The summed E-state index contributed by atoms with van der Waals surface area (Å²) in [6.07, 6.45) is 0. The molecular weight excluding hydrogens is 1360 g/mol. The molecule has 0 spiro atoms. The first-order valence-electron chi connectivity index (χ1n) is 36.3. The van der Waals surface area contributed by atoms with Crippen molar-refractivity contribution in [2.24, 2.45) is 0 Å². The Morgan fingerprint density at radius 3 is 0.944 bits per heavy atom. The number of pyridine rings is 2. The highest BCUT2D eigenvalue weighted by Gasteiger charge is 2.51. The van der Waals surface area contributed by atoms with Crippen LogP contribution in [0.25, 0.3) is 165 Å². The molecule has 18 aromatic rings. The summed E-state index contributed by atoms with van der Waals surface area (Å²) < 4.78 is 13.6. The molecule has 4 nitrogen and oxygen atoms in total. The van der Waals surface area contributed by atoms with Crippen molar-refractivity contribution in [3.8, 4) is 101 Å². The van der Waals surface area contributed by atoms with E-state index in [1.807, 2.05) is 48.5 Å². The predicted molar refractivity (Wildman–Crippen MR) is 459 cm³/mol. The van der Waals surface area contributed by atoms with Gasteiger partial charge in [-0.3, -0.25) is 0 Å². The minimum absolute atomic E-state index is 0. The van der Waals surface area contributed by atoms with E-state index < -0.39 is 0 Å². The Bertz CT molecular complexity index is 6130. The Kier molecular flexibility index (Phi) is 19.3. The summed E-state index contributed by atoms with van der Waals surface area (Å²) in [6, 6.07) is 134. The molecule has 514 valence electrons. The zero-order valence-electron chi connectivity index (χ0n) is 59.5. The fourth-order valence-corrected chi connectivity index (χ4v) is 15.7. The number of nitrogens with zero attached hydrogens (tertiary/aromatic N) is 2. The lowest BCUT2D eigenvalue weighted by Crippen LogP contribution is -2.41. The molecule has 0 N–H and O–H groups in total. The lowest BCUT2D eigenvalue weighted by molar-refractivity contribution is 0.00578. The van der Waals surface area contributed by atoms with E-state index in [0.29, 0.717) is 0 Å². The van der Waals surface area contributed by atoms with Gasteiger partial charge in [0.05, 0.1) is 34.0 Å². The van der Waals surface area contributed by atoms with Crippen molar-refractivity contribution in [3.05, 3.63) is 381 Å². The molecule has 0 radical (unpaired) electrons. The minimum atomic E-state index is -0.369. The number of hydrogen-bond acceptors (Lipinski definition) is 4. The molecule has 2 aromatic heterocycles. The topological polar surface area (TPSA) is 44.2 Å². The second kappa shape index (κ2) is 29.8. The molecule has 3 heterocycles. The van der Waals surface area contributed by atoms with Gasteiger partial charge in [0.1, 0.15) is 0 Å². The highest BCUT2D eigenvalue weighted by atomic mass is 79.9. The second-order valence-electron chi connectivity index (χ2n) is 28.1. The number of rotatable bonds is 10. The second-order valence-corrected chi connectivity index (χ2v) is 29.0. The molecule has 107 heavy (non-hydrogen) atoms. The van der Waals surface area contributed by atoms with Crippen LogP contribution in [-0.2, 0) is 9.31 Å². The quantitative estimate of drug-likeness (QED) is 0.101. The van der Waals surface area contributed by atoms with Gasteiger partial charge < -0.3 is 9.31 Å². The number of halogens is 1. The first-order valence-corrected chi connectivity index (χ1v) is 37.1. The molecule has 0 atom stereocenters. The van der Waals surface area contributed by atoms with Crippen molar-refractivity contribution in [2.45, 2.75) is 46.3 Å². The summed E-state index contributed by atoms with van der Waals surface area (Å²) in [5.41, 5.74) is 21.0. The zero-order chi connectivity index (χ0) is 71.7. The SMILES string of the molecule is Brc1ccc(-c2ccccc2)nc1-c1ccccc1.C.CC1(C)OB(c2ccc(-c3c4ccccc4c(-c4cccc5ccccc45)c4ccccc34)cc2)OC1(C)C.c1ccc(-c2ccc(-c3ccc(-c4c5ccccc5c(-c5cccc6ccccc56)c5ccccc45)cc3)c(-c3ccccc3)n2)cc1. The maximum Gasteiger partial charge on any atom is 0.494 e. The molecule has 1 saturated heterocycles. The van der Waals surface area contributed by atoms with Crippen LogP contribution < -0.4 is 5.46 Å².